The van der Waals surface area contributed by atoms with Crippen LogP contribution in [0.2, 0.25) is 0 Å². The first-order valence-corrected chi connectivity index (χ1v) is 8.97. The summed E-state index contributed by atoms with van der Waals surface area (Å²) in [6, 6.07) is 19.0. The molecule has 1 heterocycles. The van der Waals surface area contributed by atoms with Crippen molar-refractivity contribution >= 4 is 45.1 Å². The molecule has 2 aromatic carbocycles. The molecule has 3 aromatic rings. The van der Waals surface area contributed by atoms with Gasteiger partial charge in [0.15, 0.2) is 0 Å². The lowest BCUT2D eigenvalue weighted by Crippen LogP contribution is -2.09. The van der Waals surface area contributed by atoms with Gasteiger partial charge >= 0.3 is 0 Å². The van der Waals surface area contributed by atoms with Crippen LogP contribution in [0.5, 0.6) is 0 Å². The van der Waals surface area contributed by atoms with Crippen LogP contribution in [-0.2, 0) is 11.2 Å². The fourth-order valence-corrected chi connectivity index (χ4v) is 3.70. The zero-order valence-corrected chi connectivity index (χ0v) is 15.1. The van der Waals surface area contributed by atoms with Gasteiger partial charge in [0.25, 0.3) is 5.91 Å². The highest BCUT2D eigenvalue weighted by Gasteiger charge is 2.16. The summed E-state index contributed by atoms with van der Waals surface area (Å²) in [7, 11) is 0. The van der Waals surface area contributed by atoms with E-state index in [0.717, 1.165) is 32.5 Å². The average molecular weight is 400 g/mol. The fourth-order valence-electron chi connectivity index (χ4n) is 2.34. The van der Waals surface area contributed by atoms with Crippen LogP contribution < -0.4 is 5.32 Å². The SMILES string of the molecule is O=CCc1cc(C(=O)Nc2ccc(Br)cc2)sc1-c1ccccc1. The third kappa shape index (κ3) is 3.80. The Balaban J connectivity index is 1.89. The highest BCUT2D eigenvalue weighted by molar-refractivity contribution is 9.10. The molecular formula is C19H14BrNO2S. The van der Waals surface area contributed by atoms with E-state index in [9.17, 15) is 9.59 Å². The molecule has 0 fully saturated rings. The number of anilines is 1. The zero-order chi connectivity index (χ0) is 16.9. The summed E-state index contributed by atoms with van der Waals surface area (Å²) in [6.07, 6.45) is 1.16. The van der Waals surface area contributed by atoms with Crippen molar-refractivity contribution in [3.8, 4) is 10.4 Å². The summed E-state index contributed by atoms with van der Waals surface area (Å²) >= 11 is 4.77. The molecular weight excluding hydrogens is 386 g/mol. The standard InChI is InChI=1S/C19H14BrNO2S/c20-15-6-8-16(9-7-15)21-19(23)17-12-14(10-11-22)18(24-17)13-4-2-1-3-5-13/h1-9,11-12H,10H2,(H,21,23). The minimum atomic E-state index is -0.170. The Morgan fingerprint density at radius 3 is 2.46 bits per heavy atom. The van der Waals surface area contributed by atoms with Gasteiger partial charge in [0.2, 0.25) is 0 Å². The van der Waals surface area contributed by atoms with Crippen LogP contribution in [0, 0.1) is 0 Å². The van der Waals surface area contributed by atoms with E-state index in [4.69, 9.17) is 0 Å². The number of nitrogens with one attached hydrogen (secondary N) is 1. The van der Waals surface area contributed by atoms with Gasteiger partial charge in [0.05, 0.1) is 4.88 Å². The van der Waals surface area contributed by atoms with Gasteiger partial charge in [-0.25, -0.2) is 0 Å². The van der Waals surface area contributed by atoms with Crippen molar-refractivity contribution in [1.82, 2.24) is 0 Å². The van der Waals surface area contributed by atoms with Gasteiger partial charge in [0, 0.05) is 21.5 Å². The molecule has 0 aliphatic heterocycles. The molecule has 0 atom stereocenters. The summed E-state index contributed by atoms with van der Waals surface area (Å²) in [5.41, 5.74) is 2.62. The molecule has 1 aromatic heterocycles. The number of thiophene rings is 1. The van der Waals surface area contributed by atoms with E-state index in [-0.39, 0.29) is 5.91 Å². The number of halogens is 1. The molecule has 5 heteroatoms. The molecule has 0 aliphatic carbocycles. The van der Waals surface area contributed by atoms with Crippen LogP contribution in [-0.4, -0.2) is 12.2 Å². The van der Waals surface area contributed by atoms with E-state index in [1.165, 1.54) is 11.3 Å². The Morgan fingerprint density at radius 1 is 1.08 bits per heavy atom. The van der Waals surface area contributed by atoms with E-state index in [2.05, 4.69) is 21.2 Å². The summed E-state index contributed by atoms with van der Waals surface area (Å²) in [6.45, 7) is 0. The van der Waals surface area contributed by atoms with Crippen LogP contribution in [0.4, 0.5) is 5.69 Å². The molecule has 24 heavy (non-hydrogen) atoms. The average Bonchev–Trinajstić information content (AvgIpc) is 3.02. The quantitative estimate of drug-likeness (QED) is 0.601. The van der Waals surface area contributed by atoms with Crippen molar-refractivity contribution in [2.75, 3.05) is 5.32 Å². The second-order valence-electron chi connectivity index (χ2n) is 5.16. The first kappa shape index (κ1) is 16.6. The van der Waals surface area contributed by atoms with Crippen molar-refractivity contribution in [2.45, 2.75) is 6.42 Å². The Hall–Kier alpha value is -2.24. The van der Waals surface area contributed by atoms with Crippen LogP contribution in [0.3, 0.4) is 0 Å². The third-order valence-corrected chi connectivity index (χ3v) is 5.23. The van der Waals surface area contributed by atoms with Crippen molar-refractivity contribution in [1.29, 1.82) is 0 Å². The highest BCUT2D eigenvalue weighted by atomic mass is 79.9. The number of hydrogen-bond acceptors (Lipinski definition) is 3. The minimum absolute atomic E-state index is 0.170. The highest BCUT2D eigenvalue weighted by Crippen LogP contribution is 2.33. The van der Waals surface area contributed by atoms with E-state index in [1.807, 2.05) is 54.6 Å². The summed E-state index contributed by atoms with van der Waals surface area (Å²) in [4.78, 5) is 25.0. The minimum Gasteiger partial charge on any atom is -0.321 e. The van der Waals surface area contributed by atoms with Gasteiger partial charge in [-0.3, -0.25) is 4.79 Å². The van der Waals surface area contributed by atoms with E-state index in [0.29, 0.717) is 11.3 Å². The number of hydrogen-bond donors (Lipinski definition) is 1. The van der Waals surface area contributed by atoms with E-state index < -0.39 is 0 Å². The number of benzene rings is 2. The van der Waals surface area contributed by atoms with Gasteiger partial charge in [-0.15, -0.1) is 11.3 Å². The Bertz CT molecular complexity index is 857. The zero-order valence-electron chi connectivity index (χ0n) is 12.7. The summed E-state index contributed by atoms with van der Waals surface area (Å²) in [5.74, 6) is -0.170. The lowest BCUT2D eigenvalue weighted by atomic mass is 10.1. The molecule has 0 aliphatic rings. The van der Waals surface area contributed by atoms with Crippen molar-refractivity contribution < 1.29 is 9.59 Å². The third-order valence-electron chi connectivity index (χ3n) is 3.47. The smallest absolute Gasteiger partial charge is 0.265 e. The number of carbonyl (C=O) groups excluding carboxylic acids is 2. The van der Waals surface area contributed by atoms with Crippen molar-refractivity contribution in [2.24, 2.45) is 0 Å². The maximum Gasteiger partial charge on any atom is 0.265 e. The summed E-state index contributed by atoms with van der Waals surface area (Å²) in [5, 5.41) is 2.88. The maximum atomic E-state index is 12.5. The number of rotatable bonds is 5. The normalized spacial score (nSPS) is 10.4. The molecule has 1 amide bonds. The van der Waals surface area contributed by atoms with Gasteiger partial charge < -0.3 is 10.1 Å². The molecule has 3 rings (SSSR count). The largest absolute Gasteiger partial charge is 0.321 e. The number of carbonyl (C=O) groups is 2. The molecule has 0 spiro atoms. The molecule has 0 radical (unpaired) electrons. The van der Waals surface area contributed by atoms with Crippen molar-refractivity contribution in [3.63, 3.8) is 0 Å². The Morgan fingerprint density at radius 2 is 1.79 bits per heavy atom. The molecule has 0 bridgehead atoms. The van der Waals surface area contributed by atoms with Gasteiger partial charge in [-0.05, 0) is 41.5 Å². The van der Waals surface area contributed by atoms with Crippen LogP contribution in [0.1, 0.15) is 15.2 Å². The molecule has 0 saturated carbocycles. The second-order valence-corrected chi connectivity index (χ2v) is 7.13. The van der Waals surface area contributed by atoms with E-state index >= 15 is 0 Å². The van der Waals surface area contributed by atoms with Gasteiger partial charge in [0.1, 0.15) is 6.29 Å². The number of aldehydes is 1. The van der Waals surface area contributed by atoms with Gasteiger partial charge in [-0.1, -0.05) is 46.3 Å². The summed E-state index contributed by atoms with van der Waals surface area (Å²) < 4.78 is 0.955. The molecule has 0 saturated heterocycles. The predicted octanol–water partition coefficient (Wildman–Crippen LogP) is 5.17. The molecule has 0 unspecified atom stereocenters. The monoisotopic (exact) mass is 399 g/mol. The second kappa shape index (κ2) is 7.55. The van der Waals surface area contributed by atoms with Crippen LogP contribution >= 0.6 is 27.3 Å². The molecule has 1 N–H and O–H groups in total. The van der Waals surface area contributed by atoms with Crippen LogP contribution in [0.25, 0.3) is 10.4 Å². The lowest BCUT2D eigenvalue weighted by molar-refractivity contribution is -0.107. The van der Waals surface area contributed by atoms with Crippen molar-refractivity contribution in [3.05, 3.63) is 75.6 Å². The lowest BCUT2D eigenvalue weighted by Gasteiger charge is -2.03. The topological polar surface area (TPSA) is 46.2 Å². The Kier molecular flexibility index (Phi) is 5.23. The molecule has 120 valence electrons. The maximum absolute atomic E-state index is 12.5. The van der Waals surface area contributed by atoms with Gasteiger partial charge in [-0.2, -0.15) is 0 Å². The first-order chi connectivity index (χ1) is 11.7. The predicted molar refractivity (Wildman–Crippen MR) is 102 cm³/mol. The Labute approximate surface area is 152 Å². The molecule has 3 nitrogen and oxygen atoms in total. The first-order valence-electron chi connectivity index (χ1n) is 7.36. The van der Waals surface area contributed by atoms with E-state index in [1.54, 1.807) is 6.07 Å². The fraction of sp³-hybridized carbons (Fsp3) is 0.0526. The van der Waals surface area contributed by atoms with Crippen LogP contribution in [0.15, 0.2) is 65.1 Å². The number of amides is 1.